The van der Waals surface area contributed by atoms with Crippen molar-refractivity contribution < 1.29 is 5.11 Å². The molecule has 2 atom stereocenters. The topological polar surface area (TPSA) is 35.5 Å². The molecule has 0 aromatic heterocycles. The molecule has 0 saturated carbocycles. The van der Waals surface area contributed by atoms with Crippen molar-refractivity contribution in [3.05, 3.63) is 28.8 Å². The fourth-order valence-corrected chi connectivity index (χ4v) is 2.70. The van der Waals surface area contributed by atoms with Crippen LogP contribution in [0.5, 0.6) is 0 Å². The highest BCUT2D eigenvalue weighted by atomic mass is 35.5. The molecule has 0 radical (unpaired) electrons. The number of aliphatic hydroxyl groups is 1. The molecule has 1 fully saturated rings. The quantitative estimate of drug-likeness (QED) is 0.820. The van der Waals surface area contributed by atoms with E-state index in [1.54, 1.807) is 0 Å². The van der Waals surface area contributed by atoms with E-state index in [-0.39, 0.29) is 0 Å². The molecule has 0 aliphatic carbocycles. The Kier molecular flexibility index (Phi) is 3.85. The molecule has 1 saturated heterocycles. The van der Waals surface area contributed by atoms with Gasteiger partial charge < -0.3 is 15.3 Å². The van der Waals surface area contributed by atoms with Gasteiger partial charge in [0.2, 0.25) is 0 Å². The van der Waals surface area contributed by atoms with Crippen LogP contribution in [-0.4, -0.2) is 36.4 Å². The summed E-state index contributed by atoms with van der Waals surface area (Å²) in [7, 11) is 0. The summed E-state index contributed by atoms with van der Waals surface area (Å²) in [5.41, 5.74) is 1.58. The van der Waals surface area contributed by atoms with Crippen LogP contribution in [0.2, 0.25) is 5.02 Å². The van der Waals surface area contributed by atoms with Crippen molar-refractivity contribution in [2.45, 2.75) is 32.4 Å². The Balaban J connectivity index is 2.29. The summed E-state index contributed by atoms with van der Waals surface area (Å²) in [5.74, 6) is 0. The van der Waals surface area contributed by atoms with Crippen molar-refractivity contribution in [1.29, 1.82) is 0 Å². The highest BCUT2D eigenvalue weighted by Crippen LogP contribution is 2.26. The van der Waals surface area contributed by atoms with Crippen molar-refractivity contribution in [3.63, 3.8) is 0 Å². The molecule has 2 rings (SSSR count). The fraction of sp³-hybridized carbons (Fsp3) is 0.571. The molecule has 1 aliphatic rings. The largest absolute Gasteiger partial charge is 0.387 e. The summed E-state index contributed by atoms with van der Waals surface area (Å²) < 4.78 is 0. The second-order valence-electron chi connectivity index (χ2n) is 5.59. The summed E-state index contributed by atoms with van der Waals surface area (Å²) in [5, 5.41) is 14.4. The van der Waals surface area contributed by atoms with E-state index < -0.39 is 5.60 Å². The normalized spacial score (nSPS) is 29.2. The van der Waals surface area contributed by atoms with Gasteiger partial charge in [0.15, 0.2) is 0 Å². The number of halogens is 1. The van der Waals surface area contributed by atoms with E-state index in [2.05, 4.69) is 24.1 Å². The molecular weight excluding hydrogens is 248 g/mol. The molecule has 0 bridgehead atoms. The van der Waals surface area contributed by atoms with Gasteiger partial charge in [-0.2, -0.15) is 0 Å². The van der Waals surface area contributed by atoms with Crippen molar-refractivity contribution in [2.75, 3.05) is 24.5 Å². The van der Waals surface area contributed by atoms with Crippen LogP contribution in [0.3, 0.4) is 0 Å². The van der Waals surface area contributed by atoms with Crippen LogP contribution in [0, 0.1) is 6.92 Å². The maximum Gasteiger partial charge on any atom is 0.0917 e. The predicted molar refractivity (Wildman–Crippen MR) is 76.5 cm³/mol. The van der Waals surface area contributed by atoms with E-state index in [9.17, 15) is 5.11 Å². The summed E-state index contributed by atoms with van der Waals surface area (Å²) in [4.78, 5) is 2.23. The third-order valence-electron chi connectivity index (χ3n) is 3.36. The molecule has 18 heavy (non-hydrogen) atoms. The lowest BCUT2D eigenvalue weighted by molar-refractivity contribution is 0.0718. The lowest BCUT2D eigenvalue weighted by Crippen LogP contribution is -2.43. The van der Waals surface area contributed by atoms with Crippen LogP contribution in [0.15, 0.2) is 18.2 Å². The lowest BCUT2D eigenvalue weighted by atomic mass is 10.1. The molecule has 1 aliphatic heterocycles. The number of rotatable bonds is 1. The highest BCUT2D eigenvalue weighted by molar-refractivity contribution is 6.30. The van der Waals surface area contributed by atoms with Crippen LogP contribution < -0.4 is 10.2 Å². The molecule has 2 unspecified atom stereocenters. The summed E-state index contributed by atoms with van der Waals surface area (Å²) in [6.45, 7) is 8.21. The molecule has 1 heterocycles. The summed E-state index contributed by atoms with van der Waals surface area (Å²) in [6.07, 6.45) is 0. The Bertz CT molecular complexity index is 434. The van der Waals surface area contributed by atoms with Gasteiger partial charge in [0.05, 0.1) is 5.60 Å². The fourth-order valence-electron chi connectivity index (χ4n) is 2.48. The van der Waals surface area contributed by atoms with E-state index in [1.807, 2.05) is 25.1 Å². The average molecular weight is 269 g/mol. The number of anilines is 1. The number of β-amino-alcohol motifs (C(OH)–C–C–N with tert-alkyl or cyclic N) is 1. The third kappa shape index (κ3) is 3.16. The van der Waals surface area contributed by atoms with Crippen molar-refractivity contribution >= 4 is 17.3 Å². The van der Waals surface area contributed by atoms with Gasteiger partial charge in [-0.25, -0.2) is 0 Å². The van der Waals surface area contributed by atoms with E-state index in [1.165, 1.54) is 0 Å². The van der Waals surface area contributed by atoms with Gasteiger partial charge in [-0.05, 0) is 44.5 Å². The first kappa shape index (κ1) is 13.7. The zero-order valence-electron chi connectivity index (χ0n) is 11.2. The number of benzene rings is 1. The van der Waals surface area contributed by atoms with Gasteiger partial charge >= 0.3 is 0 Å². The minimum atomic E-state index is -0.711. The third-order valence-corrected chi connectivity index (χ3v) is 3.59. The maximum absolute atomic E-state index is 10.3. The number of hydrogen-bond donors (Lipinski definition) is 2. The molecule has 1 aromatic rings. The Hall–Kier alpha value is -0.770. The number of hydrogen-bond acceptors (Lipinski definition) is 3. The van der Waals surface area contributed by atoms with Crippen molar-refractivity contribution in [2.24, 2.45) is 0 Å². The second-order valence-corrected chi connectivity index (χ2v) is 6.03. The minimum absolute atomic E-state index is 0.356. The van der Waals surface area contributed by atoms with Crippen LogP contribution >= 0.6 is 11.6 Å². The van der Waals surface area contributed by atoms with E-state index in [4.69, 9.17) is 11.6 Å². The zero-order valence-corrected chi connectivity index (χ0v) is 12.0. The smallest absolute Gasteiger partial charge is 0.0917 e. The predicted octanol–water partition coefficient (Wildman–Crippen LogP) is 2.20. The molecule has 0 amide bonds. The van der Waals surface area contributed by atoms with Gasteiger partial charge in [0.25, 0.3) is 0 Å². The van der Waals surface area contributed by atoms with Gasteiger partial charge in [-0.3, -0.25) is 0 Å². The molecule has 0 spiro atoms. The number of aryl methyl sites for hydroxylation is 1. The molecule has 100 valence electrons. The van der Waals surface area contributed by atoms with Crippen LogP contribution in [0.25, 0.3) is 0 Å². The highest BCUT2D eigenvalue weighted by Gasteiger charge is 2.29. The molecule has 3 nitrogen and oxygen atoms in total. The Morgan fingerprint density at radius 3 is 2.89 bits per heavy atom. The Morgan fingerprint density at radius 1 is 1.50 bits per heavy atom. The Labute approximate surface area is 114 Å². The summed E-state index contributed by atoms with van der Waals surface area (Å²) >= 11 is 5.99. The Morgan fingerprint density at radius 2 is 2.22 bits per heavy atom. The van der Waals surface area contributed by atoms with Gasteiger partial charge in [0.1, 0.15) is 0 Å². The van der Waals surface area contributed by atoms with Gasteiger partial charge in [-0.15, -0.1) is 0 Å². The van der Waals surface area contributed by atoms with E-state index in [0.717, 1.165) is 22.8 Å². The first-order valence-electron chi connectivity index (χ1n) is 6.34. The minimum Gasteiger partial charge on any atom is -0.387 e. The molecule has 4 heteroatoms. The average Bonchev–Trinajstić information content (AvgIpc) is 2.37. The van der Waals surface area contributed by atoms with Crippen molar-refractivity contribution in [3.8, 4) is 0 Å². The van der Waals surface area contributed by atoms with Gasteiger partial charge in [-0.1, -0.05) is 11.6 Å². The zero-order chi connectivity index (χ0) is 13.3. The van der Waals surface area contributed by atoms with Crippen LogP contribution in [-0.2, 0) is 0 Å². The molecule has 1 aromatic carbocycles. The second kappa shape index (κ2) is 5.08. The SMILES string of the molecule is Cc1cc(Cl)ccc1N1CC(C)NCC(C)(O)C1. The molecular formula is C14H21ClN2O. The van der Waals surface area contributed by atoms with E-state index in [0.29, 0.717) is 19.1 Å². The molecule has 2 N–H and O–H groups in total. The van der Waals surface area contributed by atoms with Crippen LogP contribution in [0.4, 0.5) is 5.69 Å². The monoisotopic (exact) mass is 268 g/mol. The van der Waals surface area contributed by atoms with Crippen LogP contribution in [0.1, 0.15) is 19.4 Å². The lowest BCUT2D eigenvalue weighted by Gasteiger charge is -2.31. The first-order chi connectivity index (χ1) is 8.37. The number of nitrogens with zero attached hydrogens (tertiary/aromatic N) is 1. The van der Waals surface area contributed by atoms with Crippen molar-refractivity contribution in [1.82, 2.24) is 5.32 Å². The van der Waals surface area contributed by atoms with E-state index >= 15 is 0 Å². The maximum atomic E-state index is 10.3. The number of nitrogens with one attached hydrogen (secondary N) is 1. The standard InChI is InChI=1S/C14H21ClN2O/c1-10-6-12(15)4-5-13(10)17-7-11(2)16-8-14(3,18)9-17/h4-6,11,16,18H,7-9H2,1-3H3. The van der Waals surface area contributed by atoms with Gasteiger partial charge in [0, 0.05) is 36.4 Å². The summed E-state index contributed by atoms with van der Waals surface area (Å²) in [6, 6.07) is 6.26. The first-order valence-corrected chi connectivity index (χ1v) is 6.72.